The topological polar surface area (TPSA) is 67.5 Å². The van der Waals surface area contributed by atoms with Crippen LogP contribution in [0.25, 0.3) is 9.75 Å². The summed E-state index contributed by atoms with van der Waals surface area (Å²) in [6.07, 6.45) is 10.3. The first kappa shape index (κ1) is 23.1. The maximum atomic E-state index is 13.1. The van der Waals surface area contributed by atoms with Crippen molar-refractivity contribution in [2.24, 2.45) is 22.6 Å². The van der Waals surface area contributed by atoms with Gasteiger partial charge in [-0.05, 0) is 75.6 Å². The maximum absolute atomic E-state index is 13.1. The third-order valence-corrected chi connectivity index (χ3v) is 8.94. The quantitative estimate of drug-likeness (QED) is 0.234. The fourth-order valence-electron chi connectivity index (χ4n) is 4.80. The highest BCUT2D eigenvalue weighted by atomic mass is 32.1. The summed E-state index contributed by atoms with van der Waals surface area (Å²) in [6.45, 7) is 2.63. The Bertz CT molecular complexity index is 996. The molecule has 0 amide bonds. The van der Waals surface area contributed by atoms with Gasteiger partial charge in [0.25, 0.3) is 0 Å². The van der Waals surface area contributed by atoms with Crippen molar-refractivity contribution in [1.82, 2.24) is 5.32 Å². The summed E-state index contributed by atoms with van der Waals surface area (Å²) in [7, 11) is 0. The predicted molar refractivity (Wildman–Crippen MR) is 136 cm³/mol. The Hall–Kier alpha value is -2.10. The normalized spacial score (nSPS) is 22.2. The number of hydrogen-bond acceptors (Lipinski definition) is 4. The fraction of sp³-hybridized carbons (Fsp3) is 0.538. The van der Waals surface area contributed by atoms with E-state index in [1.54, 1.807) is 22.7 Å². The van der Waals surface area contributed by atoms with Gasteiger partial charge in [0.05, 0.1) is 9.75 Å². The highest BCUT2D eigenvalue weighted by Crippen LogP contribution is 2.37. The second kappa shape index (κ2) is 11.2. The summed E-state index contributed by atoms with van der Waals surface area (Å²) in [5.41, 5.74) is 6.12. The van der Waals surface area contributed by atoms with Gasteiger partial charge in [-0.25, -0.2) is 0 Å². The number of nitrogens with two attached hydrogens (primary N) is 1. The Kier molecular flexibility index (Phi) is 8.05. The number of hydrogen-bond donors (Lipinski definition) is 2. The van der Waals surface area contributed by atoms with Crippen molar-refractivity contribution in [3.8, 4) is 21.6 Å². The molecule has 2 fully saturated rings. The molecule has 0 radical (unpaired) electrons. The lowest BCUT2D eigenvalue weighted by Gasteiger charge is -2.27. The standard InChI is InChI=1S/C26H33N3OS2/c1-2-6-21-13-14-22(31-21)23-15-16-24(32-23)25(30)19-11-9-18(10-12-19)17-28-26(27)29-20-7-4-3-5-8-20/h13-16,18-20H,3-5,7-12,17H2,1H3,(H3,27,28,29). The minimum Gasteiger partial charge on any atom is -0.370 e. The van der Waals surface area contributed by atoms with Crippen LogP contribution in [0.2, 0.25) is 0 Å². The largest absolute Gasteiger partial charge is 0.370 e. The van der Waals surface area contributed by atoms with Crippen molar-refractivity contribution < 1.29 is 4.79 Å². The third kappa shape index (κ3) is 6.02. The van der Waals surface area contributed by atoms with Crippen LogP contribution in [-0.2, 0) is 0 Å². The zero-order chi connectivity index (χ0) is 22.3. The molecule has 0 saturated heterocycles. The molecule has 32 heavy (non-hydrogen) atoms. The molecular formula is C26H33N3OS2. The molecule has 4 rings (SSSR count). The van der Waals surface area contributed by atoms with Gasteiger partial charge in [-0.3, -0.25) is 9.79 Å². The maximum Gasteiger partial charge on any atom is 0.188 e. The van der Waals surface area contributed by atoms with Crippen molar-refractivity contribution in [2.75, 3.05) is 6.54 Å². The van der Waals surface area contributed by atoms with E-state index in [1.807, 2.05) is 13.0 Å². The van der Waals surface area contributed by atoms with Crippen molar-refractivity contribution in [3.05, 3.63) is 34.0 Å². The lowest BCUT2D eigenvalue weighted by Crippen LogP contribution is -2.41. The number of Topliss-reactive ketones (excluding diaryl/α,β-unsaturated/α-hetero) is 1. The number of aliphatic imine (C=N–C) groups is 1. The molecule has 2 aliphatic rings. The number of nitrogens with zero attached hydrogens (tertiary/aromatic N) is 1. The summed E-state index contributed by atoms with van der Waals surface area (Å²) in [6, 6.07) is 8.73. The average Bonchev–Trinajstić information content (AvgIpc) is 3.48. The van der Waals surface area contributed by atoms with Gasteiger partial charge < -0.3 is 11.1 Å². The summed E-state index contributed by atoms with van der Waals surface area (Å²) in [5.74, 6) is 7.64. The summed E-state index contributed by atoms with van der Waals surface area (Å²) >= 11 is 3.30. The summed E-state index contributed by atoms with van der Waals surface area (Å²) < 4.78 is 0. The molecule has 0 aliphatic heterocycles. The minimum atomic E-state index is 0.143. The van der Waals surface area contributed by atoms with E-state index in [4.69, 9.17) is 5.73 Å². The Morgan fingerprint density at radius 3 is 2.50 bits per heavy atom. The van der Waals surface area contributed by atoms with E-state index < -0.39 is 0 Å². The molecule has 2 heterocycles. The van der Waals surface area contributed by atoms with Gasteiger partial charge in [-0.15, -0.1) is 28.6 Å². The summed E-state index contributed by atoms with van der Waals surface area (Å²) in [5, 5.41) is 3.40. The average molecular weight is 468 g/mol. The molecule has 0 spiro atoms. The van der Waals surface area contributed by atoms with E-state index in [-0.39, 0.29) is 5.92 Å². The van der Waals surface area contributed by atoms with Gasteiger partial charge in [-0.2, -0.15) is 0 Å². The monoisotopic (exact) mass is 467 g/mol. The van der Waals surface area contributed by atoms with Gasteiger partial charge in [0.1, 0.15) is 0 Å². The van der Waals surface area contributed by atoms with E-state index in [9.17, 15) is 4.79 Å². The second-order valence-electron chi connectivity index (χ2n) is 8.99. The number of ketones is 1. The molecule has 170 valence electrons. The minimum absolute atomic E-state index is 0.143. The Morgan fingerprint density at radius 1 is 1.03 bits per heavy atom. The molecule has 2 saturated carbocycles. The van der Waals surface area contributed by atoms with Gasteiger partial charge in [0.2, 0.25) is 0 Å². The zero-order valence-corrected chi connectivity index (χ0v) is 20.5. The highest BCUT2D eigenvalue weighted by molar-refractivity contribution is 7.23. The summed E-state index contributed by atoms with van der Waals surface area (Å²) in [4.78, 5) is 22.0. The first-order valence-corrected chi connectivity index (χ1v) is 13.5. The second-order valence-corrected chi connectivity index (χ2v) is 11.2. The SMILES string of the molecule is CC#Cc1ccc(-c2ccc(C(=O)C3CCC(CN=C(N)NC4CCCCC4)CC3)s2)s1. The van der Waals surface area contributed by atoms with Crippen LogP contribution in [0.4, 0.5) is 0 Å². The third-order valence-electron chi connectivity index (χ3n) is 6.64. The fourth-order valence-corrected chi connectivity index (χ4v) is 6.83. The molecule has 2 aromatic rings. The van der Waals surface area contributed by atoms with E-state index in [2.05, 4.69) is 40.3 Å². The Balaban J connectivity index is 1.25. The number of nitrogens with one attached hydrogen (secondary N) is 1. The van der Waals surface area contributed by atoms with Crippen LogP contribution in [0.3, 0.4) is 0 Å². The van der Waals surface area contributed by atoms with Crippen LogP contribution in [0.5, 0.6) is 0 Å². The Morgan fingerprint density at radius 2 is 1.75 bits per heavy atom. The van der Waals surface area contributed by atoms with Crippen LogP contribution in [0.1, 0.15) is 79.3 Å². The van der Waals surface area contributed by atoms with E-state index >= 15 is 0 Å². The molecule has 0 atom stereocenters. The van der Waals surface area contributed by atoms with Crippen molar-refractivity contribution in [2.45, 2.75) is 70.8 Å². The molecule has 0 aromatic carbocycles. The molecule has 4 nitrogen and oxygen atoms in total. The van der Waals surface area contributed by atoms with Crippen LogP contribution in [-0.4, -0.2) is 24.3 Å². The number of guanidine groups is 1. The smallest absolute Gasteiger partial charge is 0.188 e. The van der Waals surface area contributed by atoms with Gasteiger partial charge in [-0.1, -0.05) is 25.2 Å². The lowest BCUT2D eigenvalue weighted by molar-refractivity contribution is 0.0878. The molecular weight excluding hydrogens is 434 g/mol. The van der Waals surface area contributed by atoms with Crippen LogP contribution >= 0.6 is 22.7 Å². The number of rotatable bonds is 6. The first-order chi connectivity index (χ1) is 15.6. The van der Waals surface area contributed by atoms with Gasteiger partial charge in [0.15, 0.2) is 11.7 Å². The van der Waals surface area contributed by atoms with E-state index in [1.165, 1.54) is 37.0 Å². The van der Waals surface area contributed by atoms with E-state index in [0.29, 0.717) is 23.7 Å². The van der Waals surface area contributed by atoms with Crippen molar-refractivity contribution in [3.63, 3.8) is 0 Å². The molecule has 3 N–H and O–H groups in total. The van der Waals surface area contributed by atoms with Crippen LogP contribution in [0, 0.1) is 23.7 Å². The molecule has 6 heteroatoms. The number of carbonyl (C=O) groups is 1. The number of thiophene rings is 2. The Labute approximate surface area is 199 Å². The molecule has 2 aliphatic carbocycles. The predicted octanol–water partition coefficient (Wildman–Crippen LogP) is 6.07. The van der Waals surface area contributed by atoms with Crippen LogP contribution in [0.15, 0.2) is 29.3 Å². The van der Waals surface area contributed by atoms with Crippen molar-refractivity contribution >= 4 is 34.4 Å². The molecule has 0 unspecified atom stereocenters. The highest BCUT2D eigenvalue weighted by Gasteiger charge is 2.28. The van der Waals surface area contributed by atoms with Gasteiger partial charge >= 0.3 is 0 Å². The molecule has 2 aromatic heterocycles. The lowest BCUT2D eigenvalue weighted by atomic mass is 9.80. The van der Waals surface area contributed by atoms with Crippen molar-refractivity contribution in [1.29, 1.82) is 0 Å². The first-order valence-electron chi connectivity index (χ1n) is 11.9. The van der Waals surface area contributed by atoms with Gasteiger partial charge in [0, 0.05) is 28.3 Å². The molecule has 0 bridgehead atoms. The zero-order valence-electron chi connectivity index (χ0n) is 18.9. The van der Waals surface area contributed by atoms with E-state index in [0.717, 1.165) is 46.9 Å². The van der Waals surface area contributed by atoms with Crippen LogP contribution < -0.4 is 11.1 Å². The number of carbonyl (C=O) groups excluding carboxylic acids is 1.